The number of benzene rings is 2. The van der Waals surface area contributed by atoms with E-state index >= 15 is 0 Å². The molecule has 0 radical (unpaired) electrons. The number of hydrogen-bond donors (Lipinski definition) is 2. The Labute approximate surface area is 107 Å². The maximum absolute atomic E-state index is 10.5. The summed E-state index contributed by atoms with van der Waals surface area (Å²) in [6.45, 7) is 0. The van der Waals surface area contributed by atoms with Crippen molar-refractivity contribution in [3.63, 3.8) is 0 Å². The third-order valence-electron chi connectivity index (χ3n) is 2.27. The minimum absolute atomic E-state index is 0.601. The van der Waals surface area contributed by atoms with Gasteiger partial charge in [-0.1, -0.05) is 35.9 Å². The highest BCUT2D eigenvalue weighted by molar-refractivity contribution is 7.80. The largest absolute Gasteiger partial charge is 0.289 e. The normalized spacial score (nSPS) is 12.1. The molecule has 5 heteroatoms. The van der Waals surface area contributed by atoms with Gasteiger partial charge >= 0.3 is 0 Å². The van der Waals surface area contributed by atoms with Crippen molar-refractivity contribution in [1.29, 1.82) is 0 Å². The van der Waals surface area contributed by atoms with E-state index in [1.807, 2.05) is 36.4 Å². The monoisotopic (exact) mass is 267 g/mol. The lowest BCUT2D eigenvalue weighted by molar-refractivity contribution is 0.570. The Morgan fingerprint density at radius 3 is 1.88 bits per heavy atom. The molecular weight excluding hydrogens is 258 g/mol. The Hall–Kier alpha value is -1.36. The van der Waals surface area contributed by atoms with Crippen LogP contribution in [0.1, 0.15) is 0 Å². The lowest BCUT2D eigenvalue weighted by Crippen LogP contribution is -2.01. The topological polar surface area (TPSA) is 49.3 Å². The maximum Gasteiger partial charge on any atom is 0.259 e. The zero-order chi connectivity index (χ0) is 12.3. The first-order chi connectivity index (χ1) is 8.15. The zero-order valence-electron chi connectivity index (χ0n) is 8.76. The van der Waals surface area contributed by atoms with Gasteiger partial charge in [0.1, 0.15) is 0 Å². The molecule has 2 aromatic carbocycles. The highest BCUT2D eigenvalue weighted by Crippen LogP contribution is 2.23. The molecule has 3 nitrogen and oxygen atoms in total. The molecule has 2 rings (SSSR count). The first-order valence-electron chi connectivity index (χ1n) is 4.89. The Balaban J connectivity index is 2.23. The molecular formula is C12H10ClNO2S. The van der Waals surface area contributed by atoms with Gasteiger partial charge in [-0.3, -0.25) is 9.27 Å². The fourth-order valence-electron chi connectivity index (χ4n) is 1.47. The van der Waals surface area contributed by atoms with Crippen molar-refractivity contribution in [1.82, 2.24) is 0 Å². The summed E-state index contributed by atoms with van der Waals surface area (Å²) in [5, 5.41) is 0.697. The predicted octanol–water partition coefficient (Wildman–Crippen LogP) is 3.56. The summed E-state index contributed by atoms with van der Waals surface area (Å²) >= 11 is 3.77. The van der Waals surface area contributed by atoms with E-state index in [0.717, 1.165) is 11.1 Å². The van der Waals surface area contributed by atoms with Gasteiger partial charge in [-0.05, 0) is 35.4 Å². The van der Waals surface area contributed by atoms with Crippen LogP contribution in [-0.2, 0) is 11.3 Å². The summed E-state index contributed by atoms with van der Waals surface area (Å²) in [4.78, 5) is 0. The molecule has 88 valence electrons. The third-order valence-corrected chi connectivity index (χ3v) is 2.93. The molecule has 0 saturated carbocycles. The van der Waals surface area contributed by atoms with E-state index in [2.05, 4.69) is 4.72 Å². The number of rotatable bonds is 3. The van der Waals surface area contributed by atoms with Crippen LogP contribution >= 0.6 is 11.6 Å². The molecule has 0 amide bonds. The highest BCUT2D eigenvalue weighted by Gasteiger charge is 1.99. The second-order valence-electron chi connectivity index (χ2n) is 3.44. The van der Waals surface area contributed by atoms with Crippen LogP contribution in [-0.4, -0.2) is 8.76 Å². The van der Waals surface area contributed by atoms with Crippen molar-refractivity contribution >= 4 is 28.6 Å². The molecule has 0 saturated heterocycles. The highest BCUT2D eigenvalue weighted by atomic mass is 35.5. The van der Waals surface area contributed by atoms with Crippen LogP contribution in [0.2, 0.25) is 5.02 Å². The van der Waals surface area contributed by atoms with Crippen molar-refractivity contribution in [2.45, 2.75) is 0 Å². The van der Waals surface area contributed by atoms with Gasteiger partial charge in [-0.15, -0.1) is 0 Å². The number of halogens is 1. The molecule has 1 unspecified atom stereocenters. The van der Waals surface area contributed by atoms with Crippen LogP contribution in [0.15, 0.2) is 48.5 Å². The van der Waals surface area contributed by atoms with Crippen molar-refractivity contribution in [2.24, 2.45) is 0 Å². The molecule has 2 N–H and O–H groups in total. The summed E-state index contributed by atoms with van der Waals surface area (Å²) in [6, 6.07) is 14.7. The SMILES string of the molecule is O=S(O)Nc1ccc(-c2ccc(Cl)cc2)cc1. The van der Waals surface area contributed by atoms with Gasteiger partial charge in [0.05, 0.1) is 0 Å². The summed E-state index contributed by atoms with van der Waals surface area (Å²) in [5.41, 5.74) is 2.67. The average Bonchev–Trinajstić information content (AvgIpc) is 2.30. The van der Waals surface area contributed by atoms with Crippen LogP contribution in [0.3, 0.4) is 0 Å². The van der Waals surface area contributed by atoms with Gasteiger partial charge in [0, 0.05) is 10.7 Å². The van der Waals surface area contributed by atoms with E-state index in [1.165, 1.54) is 0 Å². The van der Waals surface area contributed by atoms with E-state index in [-0.39, 0.29) is 0 Å². The molecule has 0 aliphatic carbocycles. The van der Waals surface area contributed by atoms with Crippen molar-refractivity contribution < 1.29 is 8.76 Å². The van der Waals surface area contributed by atoms with E-state index in [0.29, 0.717) is 10.7 Å². The van der Waals surface area contributed by atoms with E-state index in [4.69, 9.17) is 16.2 Å². The predicted molar refractivity (Wildman–Crippen MR) is 71.3 cm³/mol. The molecule has 0 aliphatic heterocycles. The summed E-state index contributed by atoms with van der Waals surface area (Å²) in [6.07, 6.45) is 0. The Kier molecular flexibility index (Phi) is 3.78. The molecule has 0 heterocycles. The number of anilines is 1. The van der Waals surface area contributed by atoms with E-state index in [1.54, 1.807) is 12.1 Å². The van der Waals surface area contributed by atoms with Crippen molar-refractivity contribution in [3.8, 4) is 11.1 Å². The standard InChI is InChI=1S/C12H10ClNO2S/c13-11-5-1-9(2-6-11)10-3-7-12(8-4-10)14-17(15)16/h1-8,14H,(H,15,16). The minimum Gasteiger partial charge on any atom is -0.289 e. The molecule has 0 aromatic heterocycles. The second kappa shape index (κ2) is 5.31. The Bertz CT molecular complexity index is 525. The average molecular weight is 268 g/mol. The van der Waals surface area contributed by atoms with Gasteiger partial charge in [0.15, 0.2) is 0 Å². The number of hydrogen-bond acceptors (Lipinski definition) is 1. The van der Waals surface area contributed by atoms with Gasteiger partial charge < -0.3 is 0 Å². The van der Waals surface area contributed by atoms with Crippen molar-refractivity contribution in [2.75, 3.05) is 4.72 Å². The van der Waals surface area contributed by atoms with Gasteiger partial charge in [-0.2, -0.15) is 0 Å². The minimum atomic E-state index is -2.04. The van der Waals surface area contributed by atoms with Gasteiger partial charge in [0.2, 0.25) is 0 Å². The van der Waals surface area contributed by atoms with Gasteiger partial charge in [-0.25, -0.2) is 4.21 Å². The molecule has 1 atom stereocenters. The van der Waals surface area contributed by atoms with Crippen molar-refractivity contribution in [3.05, 3.63) is 53.6 Å². The van der Waals surface area contributed by atoms with Crippen LogP contribution in [0.4, 0.5) is 5.69 Å². The molecule has 0 aliphatic rings. The second-order valence-corrected chi connectivity index (χ2v) is 4.57. The van der Waals surface area contributed by atoms with Crippen LogP contribution < -0.4 is 4.72 Å². The molecule has 0 fully saturated rings. The molecule has 0 spiro atoms. The lowest BCUT2D eigenvalue weighted by atomic mass is 10.1. The van der Waals surface area contributed by atoms with E-state index in [9.17, 15) is 4.21 Å². The van der Waals surface area contributed by atoms with E-state index < -0.39 is 11.3 Å². The van der Waals surface area contributed by atoms with Crippen LogP contribution in [0.25, 0.3) is 11.1 Å². The quantitative estimate of drug-likeness (QED) is 0.836. The van der Waals surface area contributed by atoms with Crippen LogP contribution in [0, 0.1) is 0 Å². The first kappa shape index (κ1) is 12.1. The summed E-state index contributed by atoms with van der Waals surface area (Å²) in [5.74, 6) is 0. The van der Waals surface area contributed by atoms with Gasteiger partial charge in [0.25, 0.3) is 11.3 Å². The fraction of sp³-hybridized carbons (Fsp3) is 0. The zero-order valence-corrected chi connectivity index (χ0v) is 10.3. The molecule has 2 aromatic rings. The Morgan fingerprint density at radius 1 is 0.941 bits per heavy atom. The Morgan fingerprint density at radius 2 is 1.41 bits per heavy atom. The molecule has 17 heavy (non-hydrogen) atoms. The molecule has 0 bridgehead atoms. The summed E-state index contributed by atoms with van der Waals surface area (Å²) < 4.78 is 21.6. The third kappa shape index (κ3) is 3.30. The number of nitrogens with one attached hydrogen (secondary N) is 1. The smallest absolute Gasteiger partial charge is 0.259 e. The van der Waals surface area contributed by atoms with Crippen LogP contribution in [0.5, 0.6) is 0 Å². The lowest BCUT2D eigenvalue weighted by Gasteiger charge is -2.04. The maximum atomic E-state index is 10.5. The fourth-order valence-corrected chi connectivity index (χ4v) is 1.94. The summed E-state index contributed by atoms with van der Waals surface area (Å²) in [7, 11) is 0. The first-order valence-corrected chi connectivity index (χ1v) is 6.37.